The average Bonchev–Trinajstić information content (AvgIpc) is 2.63. The van der Waals surface area contributed by atoms with E-state index in [0.29, 0.717) is 11.2 Å². The third-order valence-electron chi connectivity index (χ3n) is 3.12. The van der Waals surface area contributed by atoms with Crippen molar-refractivity contribution in [3.8, 4) is 0 Å². The van der Waals surface area contributed by atoms with Crippen molar-refractivity contribution in [2.24, 2.45) is 7.05 Å². The van der Waals surface area contributed by atoms with Gasteiger partial charge in [0.2, 0.25) is 0 Å². The predicted octanol–water partition coefficient (Wildman–Crippen LogP) is 3.19. The number of imidazole rings is 1. The first kappa shape index (κ1) is 12.1. The van der Waals surface area contributed by atoms with Crippen molar-refractivity contribution in [2.45, 2.75) is 29.9 Å². The molecular weight excluding hydrogens is 240 g/mol. The molecule has 0 spiro atoms. The molecule has 1 aliphatic heterocycles. The van der Waals surface area contributed by atoms with Gasteiger partial charge >= 0.3 is 0 Å². The Balaban J connectivity index is 2.13. The number of aryl methyl sites for hydroxylation is 1. The first-order valence-electron chi connectivity index (χ1n) is 5.49. The topological polar surface area (TPSA) is 17.8 Å². The SMILES string of the molecule is C=C1CC(Cl)CSC1C(C)c1cncn1C. The molecular formula is C12H17ClN2S. The zero-order valence-electron chi connectivity index (χ0n) is 9.69. The maximum absolute atomic E-state index is 6.14. The molecule has 0 aromatic carbocycles. The Morgan fingerprint density at radius 2 is 2.44 bits per heavy atom. The van der Waals surface area contributed by atoms with E-state index in [1.807, 2.05) is 31.3 Å². The summed E-state index contributed by atoms with van der Waals surface area (Å²) in [7, 11) is 2.04. The van der Waals surface area contributed by atoms with Crippen LogP contribution in [0.15, 0.2) is 24.7 Å². The Labute approximate surface area is 106 Å². The second-order valence-electron chi connectivity index (χ2n) is 4.43. The number of halogens is 1. The zero-order valence-corrected chi connectivity index (χ0v) is 11.3. The van der Waals surface area contributed by atoms with Crippen molar-refractivity contribution in [3.05, 3.63) is 30.4 Å². The van der Waals surface area contributed by atoms with Gasteiger partial charge in [-0.2, -0.15) is 11.8 Å². The molecule has 4 heteroatoms. The Hall–Kier alpha value is -0.410. The van der Waals surface area contributed by atoms with Gasteiger partial charge in [0, 0.05) is 41.2 Å². The molecule has 1 fully saturated rings. The van der Waals surface area contributed by atoms with E-state index in [2.05, 4.69) is 23.1 Å². The van der Waals surface area contributed by atoms with Crippen LogP contribution in [0.1, 0.15) is 25.0 Å². The molecule has 0 saturated carbocycles. The van der Waals surface area contributed by atoms with Crippen molar-refractivity contribution < 1.29 is 0 Å². The maximum Gasteiger partial charge on any atom is 0.0945 e. The summed E-state index contributed by atoms with van der Waals surface area (Å²) in [6.07, 6.45) is 4.75. The number of aromatic nitrogens is 2. The summed E-state index contributed by atoms with van der Waals surface area (Å²) in [6.45, 7) is 6.42. The van der Waals surface area contributed by atoms with Crippen molar-refractivity contribution in [1.82, 2.24) is 9.55 Å². The van der Waals surface area contributed by atoms with E-state index in [9.17, 15) is 0 Å². The lowest BCUT2D eigenvalue weighted by Gasteiger charge is -2.31. The lowest BCUT2D eigenvalue weighted by Crippen LogP contribution is -2.25. The molecule has 2 nitrogen and oxygen atoms in total. The highest BCUT2D eigenvalue weighted by molar-refractivity contribution is 8.00. The monoisotopic (exact) mass is 256 g/mol. The smallest absolute Gasteiger partial charge is 0.0945 e. The number of hydrogen-bond acceptors (Lipinski definition) is 2. The molecule has 3 unspecified atom stereocenters. The molecule has 1 aromatic rings. The average molecular weight is 257 g/mol. The van der Waals surface area contributed by atoms with E-state index in [0.717, 1.165) is 12.2 Å². The number of hydrogen-bond donors (Lipinski definition) is 0. The van der Waals surface area contributed by atoms with E-state index < -0.39 is 0 Å². The first-order valence-corrected chi connectivity index (χ1v) is 6.97. The molecule has 0 radical (unpaired) electrons. The number of nitrogens with zero attached hydrogens (tertiary/aromatic N) is 2. The van der Waals surface area contributed by atoms with E-state index in [4.69, 9.17) is 11.6 Å². The number of rotatable bonds is 2. The van der Waals surface area contributed by atoms with Gasteiger partial charge in [0.15, 0.2) is 0 Å². The van der Waals surface area contributed by atoms with E-state index >= 15 is 0 Å². The predicted molar refractivity (Wildman–Crippen MR) is 71.3 cm³/mol. The lowest BCUT2D eigenvalue weighted by molar-refractivity contribution is 0.664. The fourth-order valence-electron chi connectivity index (χ4n) is 2.24. The lowest BCUT2D eigenvalue weighted by atomic mass is 9.95. The van der Waals surface area contributed by atoms with E-state index in [-0.39, 0.29) is 5.38 Å². The fraction of sp³-hybridized carbons (Fsp3) is 0.583. The van der Waals surface area contributed by atoms with Crippen LogP contribution < -0.4 is 0 Å². The van der Waals surface area contributed by atoms with Crippen LogP contribution in [0.2, 0.25) is 0 Å². The molecule has 0 N–H and O–H groups in total. The molecule has 1 aromatic heterocycles. The zero-order chi connectivity index (χ0) is 11.7. The van der Waals surface area contributed by atoms with Crippen LogP contribution >= 0.6 is 23.4 Å². The van der Waals surface area contributed by atoms with Gasteiger partial charge in [-0.3, -0.25) is 0 Å². The van der Waals surface area contributed by atoms with Gasteiger partial charge in [0.25, 0.3) is 0 Å². The van der Waals surface area contributed by atoms with E-state index in [1.165, 1.54) is 11.3 Å². The first-order chi connectivity index (χ1) is 7.59. The number of alkyl halides is 1. The summed E-state index contributed by atoms with van der Waals surface area (Å²) >= 11 is 8.06. The van der Waals surface area contributed by atoms with Crippen molar-refractivity contribution in [2.75, 3.05) is 5.75 Å². The number of thioether (sulfide) groups is 1. The molecule has 1 aliphatic rings. The standard InChI is InChI=1S/C12H17ClN2S/c1-8-4-10(13)6-16-12(8)9(2)11-5-14-7-15(11)3/h5,7,9-10,12H,1,4,6H2,2-3H3. The van der Waals surface area contributed by atoms with Gasteiger partial charge in [0.05, 0.1) is 6.33 Å². The van der Waals surface area contributed by atoms with Crippen LogP contribution in [-0.2, 0) is 7.05 Å². The second kappa shape index (κ2) is 4.84. The summed E-state index contributed by atoms with van der Waals surface area (Å²) in [4.78, 5) is 4.18. The van der Waals surface area contributed by atoms with Crippen molar-refractivity contribution in [3.63, 3.8) is 0 Å². The van der Waals surface area contributed by atoms with Gasteiger partial charge < -0.3 is 4.57 Å². The second-order valence-corrected chi connectivity index (χ2v) is 6.22. The van der Waals surface area contributed by atoms with Crippen LogP contribution in [0.3, 0.4) is 0 Å². The molecule has 2 heterocycles. The molecule has 0 bridgehead atoms. The van der Waals surface area contributed by atoms with Crippen LogP contribution in [0, 0.1) is 0 Å². The van der Waals surface area contributed by atoms with Crippen LogP contribution in [-0.4, -0.2) is 25.9 Å². The third-order valence-corrected chi connectivity index (χ3v) is 5.30. The van der Waals surface area contributed by atoms with Gasteiger partial charge in [-0.15, -0.1) is 11.6 Å². The van der Waals surface area contributed by atoms with Crippen molar-refractivity contribution in [1.29, 1.82) is 0 Å². The quantitative estimate of drug-likeness (QED) is 0.598. The highest BCUT2D eigenvalue weighted by Gasteiger charge is 2.29. The molecule has 2 rings (SSSR count). The highest BCUT2D eigenvalue weighted by Crippen LogP contribution is 2.39. The Morgan fingerprint density at radius 1 is 1.69 bits per heavy atom. The van der Waals surface area contributed by atoms with Crippen LogP contribution in [0.25, 0.3) is 0 Å². The van der Waals surface area contributed by atoms with Gasteiger partial charge in [-0.25, -0.2) is 4.98 Å². The molecule has 0 amide bonds. The minimum atomic E-state index is 0.257. The Bertz CT molecular complexity index is 388. The highest BCUT2D eigenvalue weighted by atomic mass is 35.5. The maximum atomic E-state index is 6.14. The van der Waals surface area contributed by atoms with E-state index in [1.54, 1.807) is 0 Å². The summed E-state index contributed by atoms with van der Waals surface area (Å²) in [5.74, 6) is 1.47. The fourth-order valence-corrected chi connectivity index (χ4v) is 3.96. The molecule has 3 atom stereocenters. The molecule has 1 saturated heterocycles. The normalized spacial score (nSPS) is 28.1. The summed E-state index contributed by atoms with van der Waals surface area (Å²) in [6, 6.07) is 0. The Kier molecular flexibility index (Phi) is 3.65. The summed E-state index contributed by atoms with van der Waals surface area (Å²) in [5, 5.41) is 0.734. The summed E-state index contributed by atoms with van der Waals surface area (Å²) in [5.41, 5.74) is 2.54. The third kappa shape index (κ3) is 2.30. The molecule has 88 valence electrons. The minimum Gasteiger partial charge on any atom is -0.337 e. The van der Waals surface area contributed by atoms with Gasteiger partial charge in [-0.05, 0) is 6.42 Å². The Morgan fingerprint density at radius 3 is 3.00 bits per heavy atom. The minimum absolute atomic E-state index is 0.257. The van der Waals surface area contributed by atoms with Crippen molar-refractivity contribution >= 4 is 23.4 Å². The summed E-state index contributed by atoms with van der Waals surface area (Å²) < 4.78 is 2.09. The van der Waals surface area contributed by atoms with Crippen LogP contribution in [0.4, 0.5) is 0 Å². The molecule has 16 heavy (non-hydrogen) atoms. The van der Waals surface area contributed by atoms with Crippen LogP contribution in [0.5, 0.6) is 0 Å². The van der Waals surface area contributed by atoms with Gasteiger partial charge in [0.1, 0.15) is 0 Å². The van der Waals surface area contributed by atoms with Gasteiger partial charge in [-0.1, -0.05) is 19.1 Å². The molecule has 0 aliphatic carbocycles. The largest absolute Gasteiger partial charge is 0.337 e.